The molecule has 18 heavy (non-hydrogen) atoms. The average Bonchev–Trinajstić information content (AvgIpc) is 2.57. The minimum absolute atomic E-state index is 0.0196. The molecule has 0 saturated heterocycles. The number of anilines is 1. The molecule has 0 fully saturated rings. The minimum atomic E-state index is -4.34. The van der Waals surface area contributed by atoms with Crippen molar-refractivity contribution in [3.8, 4) is 0 Å². The van der Waals surface area contributed by atoms with Gasteiger partial charge in [-0.15, -0.1) is 11.3 Å². The predicted octanol–water partition coefficient (Wildman–Crippen LogP) is 1.95. The summed E-state index contributed by atoms with van der Waals surface area (Å²) in [6.45, 7) is 0.300. The zero-order valence-corrected chi connectivity index (χ0v) is 10.5. The zero-order chi connectivity index (χ0) is 13.8. The van der Waals surface area contributed by atoms with Gasteiger partial charge in [0.15, 0.2) is 0 Å². The molecule has 1 amide bonds. The van der Waals surface area contributed by atoms with Crippen LogP contribution in [-0.4, -0.2) is 31.8 Å². The number of hydrogen-bond donors (Lipinski definition) is 2. The second kappa shape index (κ2) is 6.05. The lowest BCUT2D eigenvalue weighted by atomic mass is 10.3. The number of rotatable bonds is 5. The molecule has 0 saturated carbocycles. The third kappa shape index (κ3) is 4.92. The van der Waals surface area contributed by atoms with Gasteiger partial charge in [0.25, 0.3) is 5.91 Å². The summed E-state index contributed by atoms with van der Waals surface area (Å²) in [5.74, 6) is -0.365. The molecule has 1 aromatic rings. The molecule has 102 valence electrons. The van der Waals surface area contributed by atoms with Gasteiger partial charge >= 0.3 is 6.18 Å². The van der Waals surface area contributed by atoms with Crippen molar-refractivity contribution in [3.05, 3.63) is 15.8 Å². The number of nitrogens with two attached hydrogens (primary N) is 1. The molecule has 1 aromatic heterocycles. The van der Waals surface area contributed by atoms with E-state index >= 15 is 0 Å². The second-order valence-electron chi connectivity index (χ2n) is 3.55. The Kier molecular flexibility index (Phi) is 4.97. The van der Waals surface area contributed by atoms with Gasteiger partial charge in [-0.1, -0.05) is 0 Å². The highest BCUT2D eigenvalue weighted by Gasteiger charge is 2.27. The monoisotopic (exact) mass is 282 g/mol. The Morgan fingerprint density at radius 1 is 1.56 bits per heavy atom. The number of alkyl halides is 3. The van der Waals surface area contributed by atoms with Crippen LogP contribution in [0.1, 0.15) is 14.5 Å². The number of aryl methyl sites for hydroxylation is 1. The van der Waals surface area contributed by atoms with Crippen molar-refractivity contribution in [1.82, 2.24) is 5.32 Å². The fourth-order valence-corrected chi connectivity index (χ4v) is 1.98. The molecular formula is C10H13F3N2O2S. The van der Waals surface area contributed by atoms with Gasteiger partial charge in [-0.05, 0) is 13.0 Å². The Morgan fingerprint density at radius 3 is 2.72 bits per heavy atom. The standard InChI is InChI=1S/C10H13F3N2O2S/c1-6-7(14)4-8(18-6)9(16)15-2-3-17-5-10(11,12)13/h4H,2-3,5,14H2,1H3,(H,15,16). The molecule has 0 aromatic carbocycles. The van der Waals surface area contributed by atoms with E-state index in [1.807, 2.05) is 0 Å². The number of ether oxygens (including phenoxy) is 1. The molecule has 0 spiro atoms. The molecule has 0 aliphatic heterocycles. The summed E-state index contributed by atoms with van der Waals surface area (Å²) in [7, 11) is 0. The molecule has 8 heteroatoms. The van der Waals surface area contributed by atoms with Crippen molar-refractivity contribution in [2.24, 2.45) is 0 Å². The number of nitrogens with one attached hydrogen (secondary N) is 1. The highest BCUT2D eigenvalue weighted by Crippen LogP contribution is 2.23. The van der Waals surface area contributed by atoms with Crippen LogP contribution in [-0.2, 0) is 4.74 Å². The summed E-state index contributed by atoms with van der Waals surface area (Å²) in [4.78, 5) is 12.8. The first kappa shape index (κ1) is 14.8. The molecule has 3 N–H and O–H groups in total. The van der Waals surface area contributed by atoms with Gasteiger partial charge in [-0.25, -0.2) is 0 Å². The number of hydrogen-bond acceptors (Lipinski definition) is 4. The Balaban J connectivity index is 2.26. The quantitative estimate of drug-likeness (QED) is 0.811. The van der Waals surface area contributed by atoms with Crippen molar-refractivity contribution in [3.63, 3.8) is 0 Å². The van der Waals surface area contributed by atoms with E-state index in [9.17, 15) is 18.0 Å². The zero-order valence-electron chi connectivity index (χ0n) is 9.63. The van der Waals surface area contributed by atoms with Crippen molar-refractivity contribution < 1.29 is 22.7 Å². The van der Waals surface area contributed by atoms with E-state index in [-0.39, 0.29) is 19.1 Å². The molecule has 4 nitrogen and oxygen atoms in total. The SMILES string of the molecule is Cc1sc(C(=O)NCCOCC(F)(F)F)cc1N. The van der Waals surface area contributed by atoms with Crippen molar-refractivity contribution in [2.45, 2.75) is 13.1 Å². The summed E-state index contributed by atoms with van der Waals surface area (Å²) < 4.78 is 39.5. The van der Waals surface area contributed by atoms with Crippen molar-refractivity contribution in [2.75, 3.05) is 25.5 Å². The van der Waals surface area contributed by atoms with E-state index in [0.29, 0.717) is 10.6 Å². The first-order valence-electron chi connectivity index (χ1n) is 5.08. The smallest absolute Gasteiger partial charge is 0.398 e. The van der Waals surface area contributed by atoms with Crippen molar-refractivity contribution in [1.29, 1.82) is 0 Å². The van der Waals surface area contributed by atoms with Gasteiger partial charge in [0, 0.05) is 17.1 Å². The van der Waals surface area contributed by atoms with Gasteiger partial charge in [0.2, 0.25) is 0 Å². The number of amides is 1. The summed E-state index contributed by atoms with van der Waals surface area (Å²) in [6.07, 6.45) is -4.34. The van der Waals surface area contributed by atoms with Crippen LogP contribution in [0.15, 0.2) is 6.07 Å². The third-order valence-electron chi connectivity index (χ3n) is 1.98. The van der Waals surface area contributed by atoms with Crippen molar-refractivity contribution >= 4 is 22.9 Å². The predicted molar refractivity (Wildman–Crippen MR) is 62.7 cm³/mol. The second-order valence-corrected chi connectivity index (χ2v) is 4.80. The van der Waals surface area contributed by atoms with Crippen LogP contribution in [0, 0.1) is 6.92 Å². The molecule has 0 atom stereocenters. The molecule has 1 heterocycles. The van der Waals surface area contributed by atoms with Gasteiger partial charge in [0.1, 0.15) is 6.61 Å². The van der Waals surface area contributed by atoms with E-state index in [4.69, 9.17) is 5.73 Å². The normalized spacial score (nSPS) is 11.6. The number of carbonyl (C=O) groups excluding carboxylic acids is 1. The fraction of sp³-hybridized carbons (Fsp3) is 0.500. The van der Waals surface area contributed by atoms with Gasteiger partial charge in [-0.2, -0.15) is 13.2 Å². The summed E-state index contributed by atoms with van der Waals surface area (Å²) in [5, 5.41) is 2.45. The Labute approximate surface area is 106 Å². The number of halogens is 3. The van der Waals surface area contributed by atoms with E-state index in [1.54, 1.807) is 6.92 Å². The van der Waals surface area contributed by atoms with Gasteiger partial charge in [-0.3, -0.25) is 4.79 Å². The highest BCUT2D eigenvalue weighted by atomic mass is 32.1. The molecular weight excluding hydrogens is 269 g/mol. The average molecular weight is 282 g/mol. The van der Waals surface area contributed by atoms with Crippen LogP contribution >= 0.6 is 11.3 Å². The van der Waals surface area contributed by atoms with Crippen LogP contribution in [0.3, 0.4) is 0 Å². The molecule has 1 rings (SSSR count). The van der Waals surface area contributed by atoms with Crippen LogP contribution in [0.25, 0.3) is 0 Å². The van der Waals surface area contributed by atoms with Crippen LogP contribution in [0.5, 0.6) is 0 Å². The third-order valence-corrected chi connectivity index (χ3v) is 3.04. The molecule has 0 aliphatic rings. The van der Waals surface area contributed by atoms with E-state index < -0.39 is 12.8 Å². The van der Waals surface area contributed by atoms with E-state index in [0.717, 1.165) is 4.88 Å². The maximum atomic E-state index is 11.7. The summed E-state index contributed by atoms with van der Waals surface area (Å²) >= 11 is 1.23. The summed E-state index contributed by atoms with van der Waals surface area (Å²) in [5.41, 5.74) is 6.11. The van der Waals surface area contributed by atoms with Gasteiger partial charge < -0.3 is 15.8 Å². The first-order chi connectivity index (χ1) is 8.29. The summed E-state index contributed by atoms with van der Waals surface area (Å²) in [6, 6.07) is 1.53. The maximum absolute atomic E-state index is 11.7. The number of carbonyl (C=O) groups is 1. The molecule has 0 radical (unpaired) electrons. The van der Waals surface area contributed by atoms with E-state index in [1.165, 1.54) is 17.4 Å². The molecule has 0 bridgehead atoms. The Hall–Kier alpha value is -1.28. The number of thiophene rings is 1. The van der Waals surface area contributed by atoms with Crippen LogP contribution in [0.4, 0.5) is 18.9 Å². The molecule has 0 aliphatic carbocycles. The van der Waals surface area contributed by atoms with Gasteiger partial charge in [0.05, 0.1) is 11.5 Å². The minimum Gasteiger partial charge on any atom is -0.398 e. The lowest BCUT2D eigenvalue weighted by molar-refractivity contribution is -0.173. The van der Waals surface area contributed by atoms with E-state index in [2.05, 4.69) is 10.1 Å². The highest BCUT2D eigenvalue weighted by molar-refractivity contribution is 7.14. The number of nitrogen functional groups attached to an aromatic ring is 1. The van der Waals surface area contributed by atoms with Crippen LogP contribution < -0.4 is 11.1 Å². The maximum Gasteiger partial charge on any atom is 0.411 e. The Morgan fingerprint density at radius 2 is 2.22 bits per heavy atom. The van der Waals surface area contributed by atoms with Crippen LogP contribution in [0.2, 0.25) is 0 Å². The Bertz CT molecular complexity index is 398. The first-order valence-corrected chi connectivity index (χ1v) is 5.90. The molecule has 0 unspecified atom stereocenters. The lowest BCUT2D eigenvalue weighted by Crippen LogP contribution is -2.28. The lowest BCUT2D eigenvalue weighted by Gasteiger charge is -2.07. The topological polar surface area (TPSA) is 64.3 Å². The largest absolute Gasteiger partial charge is 0.411 e. The fourth-order valence-electron chi connectivity index (χ4n) is 1.12.